The molecule has 70 valence electrons. The average Bonchev–Trinajstić information content (AvgIpc) is 2.34. The van der Waals surface area contributed by atoms with E-state index in [1.54, 1.807) is 6.92 Å². The van der Waals surface area contributed by atoms with Gasteiger partial charge in [-0.1, -0.05) is 0 Å². The first kappa shape index (κ1) is 9.41. The van der Waals surface area contributed by atoms with E-state index < -0.39 is 24.3 Å². The smallest absolute Gasteiger partial charge is 0.326 e. The molecule has 0 unspecified atom stereocenters. The molecular weight excluding hydrogens is 165 g/mol. The number of carbonyl (C=O) groups is 1. The van der Waals surface area contributed by atoms with E-state index in [9.17, 15) is 9.18 Å². The summed E-state index contributed by atoms with van der Waals surface area (Å²) >= 11 is 0. The lowest BCUT2D eigenvalue weighted by Gasteiger charge is -2.11. The molecule has 1 heterocycles. The zero-order chi connectivity index (χ0) is 9.14. The molecule has 12 heavy (non-hydrogen) atoms. The molecule has 1 aliphatic heterocycles. The Bertz CT molecular complexity index is 176. The van der Waals surface area contributed by atoms with Crippen LogP contribution >= 0.6 is 0 Å². The van der Waals surface area contributed by atoms with Crippen molar-refractivity contribution in [3.8, 4) is 0 Å². The monoisotopic (exact) mass is 177 g/mol. The van der Waals surface area contributed by atoms with Gasteiger partial charge in [-0.2, -0.15) is 0 Å². The topological polar surface area (TPSA) is 58.6 Å². The van der Waals surface area contributed by atoms with Crippen LogP contribution in [0.4, 0.5) is 4.39 Å². The molecule has 1 rings (SSSR count). The Hall–Kier alpha value is -0.680. The maximum Gasteiger partial charge on any atom is 0.326 e. The summed E-state index contributed by atoms with van der Waals surface area (Å²) in [5, 5.41) is 11.5. The number of hydrogen-bond donors (Lipinski definition) is 2. The van der Waals surface area contributed by atoms with Gasteiger partial charge in [0.1, 0.15) is 6.04 Å². The van der Waals surface area contributed by atoms with Crippen LogP contribution in [0.1, 0.15) is 6.92 Å². The van der Waals surface area contributed by atoms with Crippen molar-refractivity contribution in [1.82, 2.24) is 5.32 Å². The predicted molar refractivity (Wildman–Crippen MR) is 39.3 cm³/mol. The third-order valence-corrected chi connectivity index (χ3v) is 1.77. The zero-order valence-corrected chi connectivity index (χ0v) is 6.79. The van der Waals surface area contributed by atoms with Gasteiger partial charge in [0, 0.05) is 6.54 Å². The van der Waals surface area contributed by atoms with E-state index >= 15 is 0 Å². The predicted octanol–water partition coefficient (Wildman–Crippen LogP) is -0.780. The molecule has 1 saturated heterocycles. The highest BCUT2D eigenvalue weighted by Crippen LogP contribution is 2.12. The van der Waals surface area contributed by atoms with Gasteiger partial charge in [0.2, 0.25) is 0 Å². The van der Waals surface area contributed by atoms with Crippen molar-refractivity contribution in [2.45, 2.75) is 25.2 Å². The molecule has 3 atom stereocenters. The second kappa shape index (κ2) is 3.82. The Morgan fingerprint density at radius 2 is 2.50 bits per heavy atom. The summed E-state index contributed by atoms with van der Waals surface area (Å²) in [7, 11) is 0. The van der Waals surface area contributed by atoms with Gasteiger partial charge in [-0.3, -0.25) is 10.1 Å². The molecule has 4 nitrogen and oxygen atoms in total. The number of rotatable bonds is 2. The van der Waals surface area contributed by atoms with E-state index in [0.29, 0.717) is 0 Å². The van der Waals surface area contributed by atoms with E-state index in [2.05, 4.69) is 10.1 Å². The first-order valence-corrected chi connectivity index (χ1v) is 3.89. The van der Waals surface area contributed by atoms with Crippen LogP contribution < -0.4 is 5.32 Å². The first-order chi connectivity index (χ1) is 5.66. The lowest BCUT2D eigenvalue weighted by atomic mass is 10.2. The summed E-state index contributed by atoms with van der Waals surface area (Å²) in [6.07, 6.45) is -2.65. The lowest BCUT2D eigenvalue weighted by Crippen LogP contribution is -2.39. The molecular formula is C7H12FNO3. The number of carbonyl (C=O) groups excluding carboxylic acids is 1. The summed E-state index contributed by atoms with van der Waals surface area (Å²) in [5.41, 5.74) is 0. The fourth-order valence-corrected chi connectivity index (χ4v) is 1.14. The number of β-amino-alcohol motifs (C(OH)–C–C–N with tert-alkyl or cyclic N) is 1. The standard InChI is InChI=1S/C7H12FNO3/c1-2-12-7(11)6-5(8)4(10)3-9-6/h4-6,9-10H,2-3H2,1H3/t4-,5-,6+/m1/s1. The highest BCUT2D eigenvalue weighted by molar-refractivity contribution is 5.77. The maximum atomic E-state index is 12.9. The second-order valence-electron chi connectivity index (χ2n) is 2.65. The van der Waals surface area contributed by atoms with Gasteiger partial charge in [0.05, 0.1) is 12.7 Å². The summed E-state index contributed by atoms with van der Waals surface area (Å²) in [4.78, 5) is 11.0. The van der Waals surface area contributed by atoms with Crippen molar-refractivity contribution < 1.29 is 19.0 Å². The maximum absolute atomic E-state index is 12.9. The third-order valence-electron chi connectivity index (χ3n) is 1.77. The van der Waals surface area contributed by atoms with Gasteiger partial charge in [-0.15, -0.1) is 0 Å². The number of alkyl halides is 1. The normalized spacial score (nSPS) is 35.1. The number of ether oxygens (including phenoxy) is 1. The van der Waals surface area contributed by atoms with Crippen molar-refractivity contribution in [2.75, 3.05) is 13.2 Å². The zero-order valence-electron chi connectivity index (χ0n) is 6.79. The Morgan fingerprint density at radius 1 is 1.83 bits per heavy atom. The molecule has 0 saturated carbocycles. The van der Waals surface area contributed by atoms with Gasteiger partial charge in [-0.05, 0) is 6.92 Å². The van der Waals surface area contributed by atoms with E-state index in [1.165, 1.54) is 0 Å². The summed E-state index contributed by atoms with van der Waals surface area (Å²) in [5.74, 6) is -0.637. The molecule has 0 amide bonds. The highest BCUT2D eigenvalue weighted by Gasteiger charge is 2.40. The number of aliphatic hydroxyl groups excluding tert-OH is 1. The van der Waals surface area contributed by atoms with Crippen molar-refractivity contribution >= 4 is 5.97 Å². The minimum Gasteiger partial charge on any atom is -0.465 e. The highest BCUT2D eigenvalue weighted by atomic mass is 19.1. The molecule has 0 radical (unpaired) electrons. The Labute approximate surface area is 69.7 Å². The molecule has 2 N–H and O–H groups in total. The van der Waals surface area contributed by atoms with Gasteiger partial charge in [0.15, 0.2) is 6.17 Å². The summed E-state index contributed by atoms with van der Waals surface area (Å²) < 4.78 is 17.5. The lowest BCUT2D eigenvalue weighted by molar-refractivity contribution is -0.147. The van der Waals surface area contributed by atoms with Gasteiger partial charge in [-0.25, -0.2) is 4.39 Å². The summed E-state index contributed by atoms with van der Waals surface area (Å²) in [6.45, 7) is 1.97. The number of esters is 1. The molecule has 0 bridgehead atoms. The molecule has 0 aromatic heterocycles. The minimum absolute atomic E-state index is 0.102. The van der Waals surface area contributed by atoms with Crippen LogP contribution in [-0.2, 0) is 9.53 Å². The van der Waals surface area contributed by atoms with E-state index in [1.807, 2.05) is 0 Å². The van der Waals surface area contributed by atoms with Crippen LogP contribution in [0.3, 0.4) is 0 Å². The molecule has 0 spiro atoms. The molecule has 1 fully saturated rings. The van der Waals surface area contributed by atoms with Crippen LogP contribution in [0.2, 0.25) is 0 Å². The van der Waals surface area contributed by atoms with Crippen molar-refractivity contribution in [1.29, 1.82) is 0 Å². The van der Waals surface area contributed by atoms with Crippen LogP contribution in [0.5, 0.6) is 0 Å². The Morgan fingerprint density at radius 3 is 2.92 bits per heavy atom. The SMILES string of the molecule is CCOC(=O)[C@H]1NC[C@@H](O)[C@H]1F. The number of nitrogens with one attached hydrogen (secondary N) is 1. The summed E-state index contributed by atoms with van der Waals surface area (Å²) in [6, 6.07) is -1.00. The van der Waals surface area contributed by atoms with Crippen LogP contribution in [0.15, 0.2) is 0 Å². The van der Waals surface area contributed by atoms with E-state index in [-0.39, 0.29) is 13.2 Å². The van der Waals surface area contributed by atoms with Crippen LogP contribution in [0, 0.1) is 0 Å². The van der Waals surface area contributed by atoms with E-state index in [4.69, 9.17) is 5.11 Å². The minimum atomic E-state index is -1.55. The third kappa shape index (κ3) is 1.73. The molecule has 1 aliphatic rings. The second-order valence-corrected chi connectivity index (χ2v) is 2.65. The Balaban J connectivity index is 2.47. The number of halogens is 1. The van der Waals surface area contributed by atoms with Crippen LogP contribution in [0.25, 0.3) is 0 Å². The fourth-order valence-electron chi connectivity index (χ4n) is 1.14. The molecule has 0 aliphatic carbocycles. The van der Waals surface area contributed by atoms with Gasteiger partial charge in [0.25, 0.3) is 0 Å². The molecule has 0 aromatic carbocycles. The number of aliphatic hydroxyl groups is 1. The van der Waals surface area contributed by atoms with Crippen molar-refractivity contribution in [3.63, 3.8) is 0 Å². The average molecular weight is 177 g/mol. The van der Waals surface area contributed by atoms with Gasteiger partial charge >= 0.3 is 5.97 Å². The molecule has 0 aromatic rings. The number of hydrogen-bond acceptors (Lipinski definition) is 4. The van der Waals surface area contributed by atoms with Gasteiger partial charge < -0.3 is 9.84 Å². The fraction of sp³-hybridized carbons (Fsp3) is 0.857. The van der Waals surface area contributed by atoms with E-state index in [0.717, 1.165) is 0 Å². The van der Waals surface area contributed by atoms with Crippen molar-refractivity contribution in [2.24, 2.45) is 0 Å². The van der Waals surface area contributed by atoms with Crippen LogP contribution in [-0.4, -0.2) is 42.5 Å². The Kier molecular flexibility index (Phi) is 2.99. The first-order valence-electron chi connectivity index (χ1n) is 3.89. The quantitative estimate of drug-likeness (QED) is 0.543. The largest absolute Gasteiger partial charge is 0.465 e. The van der Waals surface area contributed by atoms with Crippen molar-refractivity contribution in [3.05, 3.63) is 0 Å². The molecule has 5 heteroatoms.